The number of benzene rings is 2. The largest absolute Gasteiger partial charge is 0.372 e. The molecule has 2 heteroatoms. The van der Waals surface area contributed by atoms with Gasteiger partial charge in [0.1, 0.15) is 0 Å². The Labute approximate surface area is 147 Å². The first-order valence-electron chi connectivity index (χ1n) is 9.10. The SMILES string of the molecule is CCN(CC)c1ccc(/C=C/c2ccccc2N(CC)CC)cc1. The summed E-state index contributed by atoms with van der Waals surface area (Å²) in [6, 6.07) is 17.4. The molecule has 2 rings (SSSR count). The van der Waals surface area contributed by atoms with Crippen LogP contribution < -0.4 is 9.80 Å². The van der Waals surface area contributed by atoms with Crippen LogP contribution in [0, 0.1) is 0 Å². The summed E-state index contributed by atoms with van der Waals surface area (Å²) in [5, 5.41) is 0. The van der Waals surface area contributed by atoms with Crippen LogP contribution in [-0.4, -0.2) is 26.2 Å². The molecule has 24 heavy (non-hydrogen) atoms. The molecule has 2 aromatic rings. The maximum Gasteiger partial charge on any atom is 0.0439 e. The Hall–Kier alpha value is -2.22. The van der Waals surface area contributed by atoms with E-state index in [-0.39, 0.29) is 0 Å². The quantitative estimate of drug-likeness (QED) is 0.588. The zero-order valence-corrected chi connectivity index (χ0v) is 15.5. The van der Waals surface area contributed by atoms with E-state index in [4.69, 9.17) is 0 Å². The minimum Gasteiger partial charge on any atom is -0.372 e. The van der Waals surface area contributed by atoms with Crippen LogP contribution in [0.15, 0.2) is 48.5 Å². The minimum absolute atomic E-state index is 1.03. The summed E-state index contributed by atoms with van der Waals surface area (Å²) in [6.45, 7) is 12.9. The van der Waals surface area contributed by atoms with Crippen molar-refractivity contribution in [1.29, 1.82) is 0 Å². The normalized spacial score (nSPS) is 11.0. The number of anilines is 2. The first kappa shape index (κ1) is 18.1. The summed E-state index contributed by atoms with van der Waals surface area (Å²) in [5.74, 6) is 0. The lowest BCUT2D eigenvalue weighted by atomic mass is 10.1. The first-order chi connectivity index (χ1) is 11.7. The van der Waals surface area contributed by atoms with Crippen LogP contribution >= 0.6 is 0 Å². The predicted octanol–water partition coefficient (Wildman–Crippen LogP) is 5.55. The Kier molecular flexibility index (Phi) is 6.92. The van der Waals surface area contributed by atoms with Gasteiger partial charge in [-0.15, -0.1) is 0 Å². The minimum atomic E-state index is 1.03. The molecule has 0 aliphatic carbocycles. The van der Waals surface area contributed by atoms with Gasteiger partial charge in [-0.25, -0.2) is 0 Å². The van der Waals surface area contributed by atoms with E-state index in [1.54, 1.807) is 0 Å². The number of hydrogen-bond acceptors (Lipinski definition) is 2. The highest BCUT2D eigenvalue weighted by Gasteiger charge is 2.05. The van der Waals surface area contributed by atoms with Gasteiger partial charge in [-0.3, -0.25) is 0 Å². The highest BCUT2D eigenvalue weighted by Crippen LogP contribution is 2.23. The fourth-order valence-electron chi connectivity index (χ4n) is 3.05. The van der Waals surface area contributed by atoms with Gasteiger partial charge in [0.15, 0.2) is 0 Å². The average molecular weight is 322 g/mol. The second-order valence-electron chi connectivity index (χ2n) is 5.83. The van der Waals surface area contributed by atoms with Crippen molar-refractivity contribution in [2.75, 3.05) is 36.0 Å². The van der Waals surface area contributed by atoms with Gasteiger partial charge in [-0.05, 0) is 57.0 Å². The topological polar surface area (TPSA) is 6.48 Å². The van der Waals surface area contributed by atoms with Gasteiger partial charge in [0.2, 0.25) is 0 Å². The predicted molar refractivity (Wildman–Crippen MR) is 109 cm³/mol. The second kappa shape index (κ2) is 9.17. The summed E-state index contributed by atoms with van der Waals surface area (Å²) < 4.78 is 0. The van der Waals surface area contributed by atoms with Gasteiger partial charge in [-0.2, -0.15) is 0 Å². The lowest BCUT2D eigenvalue weighted by molar-refractivity contribution is 0.865. The van der Waals surface area contributed by atoms with Crippen LogP contribution in [0.25, 0.3) is 12.2 Å². The summed E-state index contributed by atoms with van der Waals surface area (Å²) in [5.41, 5.74) is 5.11. The van der Waals surface area contributed by atoms with Crippen molar-refractivity contribution < 1.29 is 0 Å². The summed E-state index contributed by atoms with van der Waals surface area (Å²) in [4.78, 5) is 4.76. The zero-order valence-electron chi connectivity index (χ0n) is 15.5. The fourth-order valence-corrected chi connectivity index (χ4v) is 3.05. The molecule has 0 aromatic heterocycles. The Balaban J connectivity index is 2.19. The van der Waals surface area contributed by atoms with E-state index in [0.717, 1.165) is 26.2 Å². The van der Waals surface area contributed by atoms with Crippen molar-refractivity contribution in [2.24, 2.45) is 0 Å². The lowest BCUT2D eigenvalue weighted by Gasteiger charge is -2.23. The van der Waals surface area contributed by atoms with Gasteiger partial charge in [0, 0.05) is 37.6 Å². The molecule has 2 aromatic carbocycles. The maximum absolute atomic E-state index is 2.39. The van der Waals surface area contributed by atoms with Crippen LogP contribution in [0.3, 0.4) is 0 Å². The number of rotatable bonds is 8. The summed E-state index contributed by atoms with van der Waals surface area (Å²) in [6.07, 6.45) is 4.43. The van der Waals surface area contributed by atoms with Crippen LogP contribution in [0.2, 0.25) is 0 Å². The van der Waals surface area contributed by atoms with E-state index in [1.807, 2.05) is 0 Å². The van der Waals surface area contributed by atoms with Gasteiger partial charge in [0.25, 0.3) is 0 Å². The molecule has 0 spiro atoms. The number of nitrogens with zero attached hydrogens (tertiary/aromatic N) is 2. The molecule has 0 fully saturated rings. The summed E-state index contributed by atoms with van der Waals surface area (Å²) in [7, 11) is 0. The molecule has 128 valence electrons. The molecule has 0 heterocycles. The smallest absolute Gasteiger partial charge is 0.0439 e. The average Bonchev–Trinajstić information content (AvgIpc) is 2.64. The third-order valence-electron chi connectivity index (χ3n) is 4.52. The maximum atomic E-state index is 2.39. The fraction of sp³-hybridized carbons (Fsp3) is 0.364. The van der Waals surface area contributed by atoms with Crippen molar-refractivity contribution in [3.05, 3.63) is 59.7 Å². The van der Waals surface area contributed by atoms with E-state index in [9.17, 15) is 0 Å². The molecule has 0 saturated heterocycles. The van der Waals surface area contributed by atoms with Gasteiger partial charge >= 0.3 is 0 Å². The third-order valence-corrected chi connectivity index (χ3v) is 4.52. The van der Waals surface area contributed by atoms with Gasteiger partial charge in [-0.1, -0.05) is 42.5 Å². The first-order valence-corrected chi connectivity index (χ1v) is 9.10. The highest BCUT2D eigenvalue weighted by atomic mass is 15.1. The molecule has 0 amide bonds. The molecule has 0 unspecified atom stereocenters. The van der Waals surface area contributed by atoms with E-state index >= 15 is 0 Å². The summed E-state index contributed by atoms with van der Waals surface area (Å²) >= 11 is 0. The Morgan fingerprint density at radius 1 is 0.667 bits per heavy atom. The highest BCUT2D eigenvalue weighted by molar-refractivity contribution is 5.77. The molecular weight excluding hydrogens is 292 g/mol. The van der Waals surface area contributed by atoms with Crippen LogP contribution in [0.4, 0.5) is 11.4 Å². The van der Waals surface area contributed by atoms with Crippen LogP contribution in [0.1, 0.15) is 38.8 Å². The molecular formula is C22H30N2. The van der Waals surface area contributed by atoms with Crippen molar-refractivity contribution in [3.63, 3.8) is 0 Å². The van der Waals surface area contributed by atoms with E-state index in [1.165, 1.54) is 22.5 Å². The molecule has 0 aliphatic heterocycles. The van der Waals surface area contributed by atoms with E-state index in [2.05, 4.69) is 98.2 Å². The van der Waals surface area contributed by atoms with Gasteiger partial charge in [0.05, 0.1) is 0 Å². The monoisotopic (exact) mass is 322 g/mol. The molecule has 0 atom stereocenters. The zero-order chi connectivity index (χ0) is 17.4. The molecule has 0 saturated carbocycles. The number of hydrogen-bond donors (Lipinski definition) is 0. The van der Waals surface area contributed by atoms with Crippen molar-refractivity contribution in [3.8, 4) is 0 Å². The molecule has 0 N–H and O–H groups in total. The van der Waals surface area contributed by atoms with E-state index in [0.29, 0.717) is 0 Å². The standard InChI is InChI=1S/C22H30N2/c1-5-23(6-2)21-17-14-19(15-18-21)13-16-20-11-9-10-12-22(20)24(7-3)8-4/h9-18H,5-8H2,1-4H3/b16-13+. The Morgan fingerprint density at radius 3 is 1.83 bits per heavy atom. The molecule has 0 aliphatic rings. The Morgan fingerprint density at radius 2 is 1.25 bits per heavy atom. The molecule has 2 nitrogen and oxygen atoms in total. The van der Waals surface area contributed by atoms with Crippen molar-refractivity contribution >= 4 is 23.5 Å². The van der Waals surface area contributed by atoms with E-state index < -0.39 is 0 Å². The molecule has 0 bridgehead atoms. The molecule has 0 radical (unpaired) electrons. The lowest BCUT2D eigenvalue weighted by Crippen LogP contribution is -2.22. The van der Waals surface area contributed by atoms with Gasteiger partial charge < -0.3 is 9.80 Å². The van der Waals surface area contributed by atoms with Crippen LogP contribution in [0.5, 0.6) is 0 Å². The van der Waals surface area contributed by atoms with Crippen molar-refractivity contribution in [2.45, 2.75) is 27.7 Å². The van der Waals surface area contributed by atoms with Crippen LogP contribution in [-0.2, 0) is 0 Å². The van der Waals surface area contributed by atoms with Crippen molar-refractivity contribution in [1.82, 2.24) is 0 Å². The Bertz CT molecular complexity index is 635. The second-order valence-corrected chi connectivity index (χ2v) is 5.83. The third kappa shape index (κ3) is 4.41. The number of para-hydroxylation sites is 1.